The Morgan fingerprint density at radius 2 is 1.88 bits per heavy atom. The quantitative estimate of drug-likeness (QED) is 0.398. The fourth-order valence-corrected chi connectivity index (χ4v) is 5.43. The zero-order valence-electron chi connectivity index (χ0n) is 18.9. The van der Waals surface area contributed by atoms with Gasteiger partial charge in [0.05, 0.1) is 11.4 Å². The highest BCUT2D eigenvalue weighted by Gasteiger charge is 2.29. The Balaban J connectivity index is 1.30. The summed E-state index contributed by atoms with van der Waals surface area (Å²) in [6, 6.07) is 14.8. The summed E-state index contributed by atoms with van der Waals surface area (Å²) in [6.07, 6.45) is 4.80. The number of imidazole rings is 1. The third-order valence-corrected chi connectivity index (χ3v) is 7.54. The number of carbonyl (C=O) groups excluding carboxylic acids is 2. The summed E-state index contributed by atoms with van der Waals surface area (Å²) >= 11 is 0. The monoisotopic (exact) mass is 481 g/mol. The smallest absolute Gasteiger partial charge is 0.313 e. The van der Waals surface area contributed by atoms with Crippen LogP contribution >= 0.6 is 0 Å². The molecule has 0 bridgehead atoms. The van der Waals surface area contributed by atoms with Gasteiger partial charge >= 0.3 is 11.8 Å². The van der Waals surface area contributed by atoms with E-state index >= 15 is 0 Å². The summed E-state index contributed by atoms with van der Waals surface area (Å²) in [5.41, 5.74) is 2.63. The third kappa shape index (κ3) is 5.28. The van der Waals surface area contributed by atoms with Crippen molar-refractivity contribution in [2.45, 2.75) is 26.3 Å². The second-order valence-corrected chi connectivity index (χ2v) is 10.1. The molecule has 178 valence electrons. The van der Waals surface area contributed by atoms with Crippen molar-refractivity contribution >= 4 is 33.2 Å². The molecule has 1 aliphatic rings. The molecule has 0 radical (unpaired) electrons. The summed E-state index contributed by atoms with van der Waals surface area (Å²) in [5.74, 6) is -0.582. The molecule has 9 nitrogen and oxygen atoms in total. The largest absolute Gasteiger partial charge is 0.348 e. The van der Waals surface area contributed by atoms with Crippen molar-refractivity contribution in [3.8, 4) is 11.4 Å². The van der Waals surface area contributed by atoms with Crippen LogP contribution in [0.4, 0.5) is 11.4 Å². The van der Waals surface area contributed by atoms with Crippen molar-refractivity contribution in [2.24, 2.45) is 0 Å². The van der Waals surface area contributed by atoms with Crippen molar-refractivity contribution in [1.29, 1.82) is 0 Å². The SMILES string of the molecule is Cc1ccc(N2CCCS2(=O)=O)cc1NC(=O)C(=O)NCCCn1ccnc1-c1ccccc1. The number of hydrogen-bond donors (Lipinski definition) is 2. The van der Waals surface area contributed by atoms with E-state index in [4.69, 9.17) is 0 Å². The summed E-state index contributed by atoms with van der Waals surface area (Å²) in [5, 5.41) is 5.23. The van der Waals surface area contributed by atoms with Gasteiger partial charge < -0.3 is 15.2 Å². The Hall–Kier alpha value is -3.66. The minimum Gasteiger partial charge on any atom is -0.348 e. The van der Waals surface area contributed by atoms with E-state index in [0.717, 1.165) is 17.0 Å². The zero-order chi connectivity index (χ0) is 24.1. The molecular formula is C24H27N5O4S. The van der Waals surface area contributed by atoms with E-state index in [1.54, 1.807) is 31.3 Å². The Morgan fingerprint density at radius 1 is 1.09 bits per heavy atom. The molecule has 0 saturated carbocycles. The minimum absolute atomic E-state index is 0.108. The molecule has 1 aromatic heterocycles. The molecule has 1 aliphatic heterocycles. The van der Waals surface area contributed by atoms with Crippen LogP contribution in [-0.4, -0.2) is 48.6 Å². The normalized spacial score (nSPS) is 14.7. The molecule has 0 aliphatic carbocycles. The predicted molar refractivity (Wildman–Crippen MR) is 131 cm³/mol. The maximum atomic E-state index is 12.4. The fraction of sp³-hybridized carbons (Fsp3) is 0.292. The van der Waals surface area contributed by atoms with Gasteiger partial charge in [0.25, 0.3) is 0 Å². The van der Waals surface area contributed by atoms with Crippen molar-refractivity contribution in [1.82, 2.24) is 14.9 Å². The summed E-state index contributed by atoms with van der Waals surface area (Å²) in [7, 11) is -3.33. The first-order valence-corrected chi connectivity index (χ1v) is 12.7. The Labute approximate surface area is 198 Å². The van der Waals surface area contributed by atoms with Crippen LogP contribution in [0.3, 0.4) is 0 Å². The second-order valence-electron chi connectivity index (χ2n) is 8.11. The Morgan fingerprint density at radius 3 is 2.62 bits per heavy atom. The number of hydrogen-bond acceptors (Lipinski definition) is 5. The molecule has 1 fully saturated rings. The lowest BCUT2D eigenvalue weighted by Crippen LogP contribution is -2.36. The van der Waals surface area contributed by atoms with Crippen LogP contribution in [0.15, 0.2) is 60.9 Å². The second kappa shape index (κ2) is 10.1. The van der Waals surface area contributed by atoms with Crippen molar-refractivity contribution in [2.75, 3.05) is 28.5 Å². The van der Waals surface area contributed by atoms with E-state index in [2.05, 4.69) is 15.6 Å². The average molecular weight is 482 g/mol. The van der Waals surface area contributed by atoms with Crippen LogP contribution in [-0.2, 0) is 26.2 Å². The highest BCUT2D eigenvalue weighted by atomic mass is 32.2. The van der Waals surface area contributed by atoms with Gasteiger partial charge in [0.2, 0.25) is 10.0 Å². The van der Waals surface area contributed by atoms with Gasteiger partial charge in [-0.2, -0.15) is 0 Å². The van der Waals surface area contributed by atoms with E-state index in [1.807, 2.05) is 41.1 Å². The fourth-order valence-electron chi connectivity index (χ4n) is 3.88. The van der Waals surface area contributed by atoms with Gasteiger partial charge in [0, 0.05) is 43.3 Å². The number of nitrogens with zero attached hydrogens (tertiary/aromatic N) is 3. The van der Waals surface area contributed by atoms with Gasteiger partial charge in [-0.3, -0.25) is 13.9 Å². The van der Waals surface area contributed by atoms with Gasteiger partial charge in [-0.05, 0) is 37.5 Å². The molecule has 2 heterocycles. The predicted octanol–water partition coefficient (Wildman–Crippen LogP) is 2.54. The molecule has 1 saturated heterocycles. The number of benzene rings is 2. The van der Waals surface area contributed by atoms with E-state index in [-0.39, 0.29) is 5.75 Å². The van der Waals surface area contributed by atoms with Crippen LogP contribution in [0.25, 0.3) is 11.4 Å². The molecule has 34 heavy (non-hydrogen) atoms. The highest BCUT2D eigenvalue weighted by Crippen LogP contribution is 2.28. The molecule has 2 amide bonds. The minimum atomic E-state index is -3.33. The third-order valence-electron chi connectivity index (χ3n) is 5.67. The molecule has 2 aromatic carbocycles. The van der Waals surface area contributed by atoms with E-state index < -0.39 is 21.8 Å². The first-order valence-electron chi connectivity index (χ1n) is 11.1. The van der Waals surface area contributed by atoms with Crippen molar-refractivity contribution < 1.29 is 18.0 Å². The summed E-state index contributed by atoms with van der Waals surface area (Å²) < 4.78 is 27.7. The topological polar surface area (TPSA) is 113 Å². The van der Waals surface area contributed by atoms with Crippen LogP contribution in [0, 0.1) is 6.92 Å². The summed E-state index contributed by atoms with van der Waals surface area (Å²) in [6.45, 7) is 3.15. The number of aryl methyl sites for hydroxylation is 2. The van der Waals surface area contributed by atoms with Gasteiger partial charge in [-0.15, -0.1) is 0 Å². The number of amides is 2. The molecule has 0 spiro atoms. The van der Waals surface area contributed by atoms with Crippen LogP contribution in [0.2, 0.25) is 0 Å². The highest BCUT2D eigenvalue weighted by molar-refractivity contribution is 7.93. The lowest BCUT2D eigenvalue weighted by molar-refractivity contribution is -0.136. The Kier molecular flexibility index (Phi) is 6.97. The van der Waals surface area contributed by atoms with Gasteiger partial charge in [0.15, 0.2) is 0 Å². The number of nitrogens with one attached hydrogen (secondary N) is 2. The molecule has 3 aromatic rings. The van der Waals surface area contributed by atoms with Crippen molar-refractivity contribution in [3.05, 3.63) is 66.5 Å². The van der Waals surface area contributed by atoms with E-state index in [1.165, 1.54) is 4.31 Å². The lowest BCUT2D eigenvalue weighted by Gasteiger charge is -2.19. The first-order chi connectivity index (χ1) is 16.3. The maximum absolute atomic E-state index is 12.4. The molecular weight excluding hydrogens is 454 g/mol. The lowest BCUT2D eigenvalue weighted by atomic mass is 10.1. The van der Waals surface area contributed by atoms with Gasteiger partial charge in [-0.1, -0.05) is 36.4 Å². The molecule has 10 heteroatoms. The average Bonchev–Trinajstić information content (AvgIpc) is 3.44. The molecule has 0 unspecified atom stereocenters. The number of anilines is 2. The van der Waals surface area contributed by atoms with Crippen LogP contribution in [0.5, 0.6) is 0 Å². The standard InChI is InChI=1S/C24H27N5O4S/c1-18-9-10-20(29-14-6-16-34(29,32)33)17-21(18)27-24(31)23(30)26-11-5-13-28-15-12-25-22(28)19-7-3-2-4-8-19/h2-4,7-10,12,15,17H,5-6,11,13-14,16H2,1H3,(H,26,30)(H,27,31). The van der Waals surface area contributed by atoms with Gasteiger partial charge in [0.1, 0.15) is 5.82 Å². The number of carbonyl (C=O) groups is 2. The maximum Gasteiger partial charge on any atom is 0.313 e. The number of aromatic nitrogens is 2. The van der Waals surface area contributed by atoms with Crippen LogP contribution in [0.1, 0.15) is 18.4 Å². The van der Waals surface area contributed by atoms with E-state index in [0.29, 0.717) is 43.9 Å². The number of sulfonamides is 1. The molecule has 4 rings (SSSR count). The number of rotatable bonds is 7. The van der Waals surface area contributed by atoms with Crippen LogP contribution < -0.4 is 14.9 Å². The molecule has 0 atom stereocenters. The van der Waals surface area contributed by atoms with Crippen molar-refractivity contribution in [3.63, 3.8) is 0 Å². The molecule has 2 N–H and O–H groups in total. The zero-order valence-corrected chi connectivity index (χ0v) is 19.7. The van der Waals surface area contributed by atoms with E-state index in [9.17, 15) is 18.0 Å². The summed E-state index contributed by atoms with van der Waals surface area (Å²) in [4.78, 5) is 29.1. The Bertz CT molecular complexity index is 1290. The van der Waals surface area contributed by atoms with Gasteiger partial charge in [-0.25, -0.2) is 13.4 Å². The first kappa shape index (κ1) is 23.5.